The average Bonchev–Trinajstić information content (AvgIpc) is 2.36. The zero-order valence-electron chi connectivity index (χ0n) is 10.6. The normalized spacial score (nSPS) is 10.7. The summed E-state index contributed by atoms with van der Waals surface area (Å²) in [5, 5.41) is 8.93. The number of rotatable bonds is 7. The Morgan fingerprint density at radius 2 is 2.06 bits per heavy atom. The number of nitrogens with zero attached hydrogens (tertiary/aromatic N) is 1. The Hall–Kier alpha value is -1.62. The van der Waals surface area contributed by atoms with Crippen LogP contribution in [0.3, 0.4) is 0 Å². The van der Waals surface area contributed by atoms with Crippen molar-refractivity contribution >= 4 is 5.97 Å². The van der Waals surface area contributed by atoms with Crippen molar-refractivity contribution in [2.75, 3.05) is 26.2 Å². The van der Waals surface area contributed by atoms with Crippen LogP contribution in [0.15, 0.2) is 18.2 Å². The van der Waals surface area contributed by atoms with E-state index >= 15 is 0 Å². The van der Waals surface area contributed by atoms with Crippen molar-refractivity contribution in [1.29, 1.82) is 0 Å². The van der Waals surface area contributed by atoms with Crippen molar-refractivity contribution in [3.05, 3.63) is 29.6 Å². The maximum atomic E-state index is 12.9. The number of ether oxygens (including phenoxy) is 1. The van der Waals surface area contributed by atoms with E-state index in [1.165, 1.54) is 12.1 Å². The number of carboxylic acid groups (broad SMARTS) is 1. The van der Waals surface area contributed by atoms with E-state index in [2.05, 4.69) is 4.90 Å². The lowest BCUT2D eigenvalue weighted by Gasteiger charge is -2.18. The van der Waals surface area contributed by atoms with Gasteiger partial charge in [0, 0.05) is 6.54 Å². The van der Waals surface area contributed by atoms with Gasteiger partial charge in [-0.3, -0.25) is 0 Å². The molecule has 4 nitrogen and oxygen atoms in total. The highest BCUT2D eigenvalue weighted by molar-refractivity contribution is 5.90. The summed E-state index contributed by atoms with van der Waals surface area (Å²) in [5.41, 5.74) is -0.144. The Morgan fingerprint density at radius 3 is 2.61 bits per heavy atom. The Kier molecular flexibility index (Phi) is 5.58. The van der Waals surface area contributed by atoms with E-state index in [1.54, 1.807) is 0 Å². The van der Waals surface area contributed by atoms with Gasteiger partial charge in [-0.25, -0.2) is 9.18 Å². The molecule has 0 saturated heterocycles. The fraction of sp³-hybridized carbons (Fsp3) is 0.462. The van der Waals surface area contributed by atoms with E-state index in [9.17, 15) is 9.18 Å². The highest BCUT2D eigenvalue weighted by Crippen LogP contribution is 2.19. The van der Waals surface area contributed by atoms with E-state index in [-0.39, 0.29) is 11.3 Å². The van der Waals surface area contributed by atoms with Crippen LogP contribution in [0, 0.1) is 5.82 Å². The quantitative estimate of drug-likeness (QED) is 0.811. The molecule has 0 spiro atoms. The van der Waals surface area contributed by atoms with Gasteiger partial charge in [0.15, 0.2) is 0 Å². The van der Waals surface area contributed by atoms with Gasteiger partial charge in [0.25, 0.3) is 0 Å². The van der Waals surface area contributed by atoms with Crippen LogP contribution >= 0.6 is 0 Å². The minimum atomic E-state index is -1.19. The molecule has 1 N–H and O–H groups in total. The van der Waals surface area contributed by atoms with Crippen molar-refractivity contribution in [3.8, 4) is 5.75 Å². The molecule has 0 radical (unpaired) electrons. The average molecular weight is 255 g/mol. The molecule has 1 aromatic carbocycles. The zero-order valence-corrected chi connectivity index (χ0v) is 10.6. The third-order valence-corrected chi connectivity index (χ3v) is 2.73. The molecule has 0 aliphatic carbocycles. The molecule has 5 heteroatoms. The first-order valence-corrected chi connectivity index (χ1v) is 5.96. The van der Waals surface area contributed by atoms with E-state index in [1.807, 2.05) is 13.8 Å². The summed E-state index contributed by atoms with van der Waals surface area (Å²) in [4.78, 5) is 13.1. The molecule has 0 unspecified atom stereocenters. The Morgan fingerprint density at radius 1 is 1.39 bits per heavy atom. The van der Waals surface area contributed by atoms with E-state index < -0.39 is 11.8 Å². The summed E-state index contributed by atoms with van der Waals surface area (Å²) in [6.07, 6.45) is 0. The van der Waals surface area contributed by atoms with Crippen LogP contribution in [-0.2, 0) is 0 Å². The molecule has 0 bridgehead atoms. The van der Waals surface area contributed by atoms with Crippen LogP contribution < -0.4 is 4.74 Å². The molecular weight excluding hydrogens is 237 g/mol. The monoisotopic (exact) mass is 255 g/mol. The maximum absolute atomic E-state index is 12.9. The first kappa shape index (κ1) is 14.4. The third-order valence-electron chi connectivity index (χ3n) is 2.73. The highest BCUT2D eigenvalue weighted by Gasteiger charge is 2.12. The lowest BCUT2D eigenvalue weighted by Crippen LogP contribution is -2.28. The van der Waals surface area contributed by atoms with Crippen molar-refractivity contribution in [1.82, 2.24) is 4.90 Å². The number of carboxylic acids is 1. The van der Waals surface area contributed by atoms with Gasteiger partial charge in [0.1, 0.15) is 23.7 Å². The molecule has 0 fully saturated rings. The predicted molar refractivity (Wildman–Crippen MR) is 66.6 cm³/mol. The fourth-order valence-electron chi connectivity index (χ4n) is 1.62. The lowest BCUT2D eigenvalue weighted by atomic mass is 10.2. The van der Waals surface area contributed by atoms with Crippen LogP contribution in [0.1, 0.15) is 24.2 Å². The number of aromatic carboxylic acids is 1. The minimum Gasteiger partial charge on any atom is -0.491 e. The van der Waals surface area contributed by atoms with E-state index in [4.69, 9.17) is 9.84 Å². The molecule has 1 rings (SSSR count). The minimum absolute atomic E-state index is 0.144. The largest absolute Gasteiger partial charge is 0.491 e. The standard InChI is InChI=1S/C13H18FNO3/c1-3-15(4-2)7-8-18-12-6-5-10(14)9-11(12)13(16)17/h5-6,9H,3-4,7-8H2,1-2H3,(H,16,17). The molecule has 0 aliphatic rings. The first-order valence-electron chi connectivity index (χ1n) is 5.96. The van der Waals surface area contributed by atoms with Gasteiger partial charge in [-0.2, -0.15) is 0 Å². The number of hydrogen-bond acceptors (Lipinski definition) is 3. The zero-order chi connectivity index (χ0) is 13.5. The molecule has 18 heavy (non-hydrogen) atoms. The molecule has 0 aromatic heterocycles. The van der Waals surface area contributed by atoms with Crippen molar-refractivity contribution in [3.63, 3.8) is 0 Å². The second-order valence-electron chi connectivity index (χ2n) is 3.82. The molecule has 1 aromatic rings. The van der Waals surface area contributed by atoms with Gasteiger partial charge in [0.2, 0.25) is 0 Å². The van der Waals surface area contributed by atoms with Crippen molar-refractivity contribution in [2.24, 2.45) is 0 Å². The number of hydrogen-bond donors (Lipinski definition) is 1. The van der Waals surface area contributed by atoms with Crippen LogP contribution in [0.4, 0.5) is 4.39 Å². The first-order chi connectivity index (χ1) is 8.58. The number of halogens is 1. The van der Waals surface area contributed by atoms with E-state index in [0.29, 0.717) is 13.2 Å². The number of carbonyl (C=O) groups is 1. The van der Waals surface area contributed by atoms with Gasteiger partial charge in [-0.1, -0.05) is 13.8 Å². The Bertz CT molecular complexity index is 405. The van der Waals surface area contributed by atoms with Crippen LogP contribution in [0.2, 0.25) is 0 Å². The molecule has 100 valence electrons. The van der Waals surface area contributed by atoms with Gasteiger partial charge in [0.05, 0.1) is 0 Å². The molecule has 0 heterocycles. The molecular formula is C13H18FNO3. The summed E-state index contributed by atoms with van der Waals surface area (Å²) in [6.45, 7) is 7.01. The topological polar surface area (TPSA) is 49.8 Å². The van der Waals surface area contributed by atoms with Gasteiger partial charge < -0.3 is 14.7 Å². The maximum Gasteiger partial charge on any atom is 0.339 e. The number of likely N-dealkylation sites (N-methyl/N-ethyl adjacent to an activating group) is 1. The Labute approximate surface area is 106 Å². The van der Waals surface area contributed by atoms with Gasteiger partial charge in [-0.05, 0) is 31.3 Å². The fourth-order valence-corrected chi connectivity index (χ4v) is 1.62. The number of benzene rings is 1. The summed E-state index contributed by atoms with van der Waals surface area (Å²) < 4.78 is 18.3. The summed E-state index contributed by atoms with van der Waals surface area (Å²) in [6, 6.07) is 3.51. The van der Waals surface area contributed by atoms with Crippen LogP contribution in [0.25, 0.3) is 0 Å². The third kappa shape index (κ3) is 4.00. The molecule has 0 aliphatic heterocycles. The van der Waals surface area contributed by atoms with E-state index in [0.717, 1.165) is 19.2 Å². The van der Waals surface area contributed by atoms with Crippen molar-refractivity contribution < 1.29 is 19.0 Å². The smallest absolute Gasteiger partial charge is 0.339 e. The lowest BCUT2D eigenvalue weighted by molar-refractivity contribution is 0.0691. The van der Waals surface area contributed by atoms with Gasteiger partial charge >= 0.3 is 5.97 Å². The van der Waals surface area contributed by atoms with Crippen LogP contribution in [-0.4, -0.2) is 42.2 Å². The Balaban J connectivity index is 2.64. The second-order valence-corrected chi connectivity index (χ2v) is 3.82. The van der Waals surface area contributed by atoms with Crippen LogP contribution in [0.5, 0.6) is 5.75 Å². The predicted octanol–water partition coefficient (Wildman–Crippen LogP) is 2.24. The summed E-state index contributed by atoms with van der Waals surface area (Å²) >= 11 is 0. The second kappa shape index (κ2) is 6.96. The van der Waals surface area contributed by atoms with Gasteiger partial charge in [-0.15, -0.1) is 0 Å². The summed E-state index contributed by atoms with van der Waals surface area (Å²) in [7, 11) is 0. The summed E-state index contributed by atoms with van der Waals surface area (Å²) in [5.74, 6) is -1.56. The highest BCUT2D eigenvalue weighted by atomic mass is 19.1. The molecule has 0 amide bonds. The van der Waals surface area contributed by atoms with Crippen molar-refractivity contribution in [2.45, 2.75) is 13.8 Å². The SMILES string of the molecule is CCN(CC)CCOc1ccc(F)cc1C(=O)O. The molecule has 0 atom stereocenters. The molecule has 0 saturated carbocycles.